The molecule has 0 saturated heterocycles. The Balaban J connectivity index is 1.62. The Morgan fingerprint density at radius 1 is 1.08 bits per heavy atom. The molecule has 0 amide bonds. The van der Waals surface area contributed by atoms with E-state index in [9.17, 15) is 4.39 Å². The molecular formula is C17H20FN5S. The summed E-state index contributed by atoms with van der Waals surface area (Å²) in [6.45, 7) is 1.63. The zero-order valence-corrected chi connectivity index (χ0v) is 14.8. The van der Waals surface area contributed by atoms with Crippen molar-refractivity contribution in [3.8, 4) is 5.69 Å². The lowest BCUT2D eigenvalue weighted by Crippen LogP contribution is -2.16. The van der Waals surface area contributed by atoms with E-state index in [1.165, 1.54) is 17.0 Å². The molecule has 3 rings (SSSR count). The summed E-state index contributed by atoms with van der Waals surface area (Å²) in [6, 6.07) is 6.32. The van der Waals surface area contributed by atoms with Gasteiger partial charge in [0.25, 0.3) is 0 Å². The van der Waals surface area contributed by atoms with Crippen LogP contribution in [0.25, 0.3) is 5.69 Å². The molecule has 0 saturated carbocycles. The number of thiazole rings is 1. The first-order chi connectivity index (χ1) is 11.5. The quantitative estimate of drug-likeness (QED) is 0.688. The fraction of sp³-hybridized carbons (Fsp3) is 0.294. The fourth-order valence-corrected chi connectivity index (χ4v) is 3.30. The molecule has 0 radical (unpaired) electrons. The minimum Gasteiger partial charge on any atom is -0.354 e. The second-order valence-corrected chi connectivity index (χ2v) is 7.04. The van der Waals surface area contributed by atoms with Gasteiger partial charge < -0.3 is 4.90 Å². The van der Waals surface area contributed by atoms with Gasteiger partial charge in [-0.05, 0) is 31.3 Å². The van der Waals surface area contributed by atoms with Crippen molar-refractivity contribution in [1.29, 1.82) is 0 Å². The number of aromatic nitrogens is 3. The van der Waals surface area contributed by atoms with E-state index in [4.69, 9.17) is 0 Å². The highest BCUT2D eigenvalue weighted by Gasteiger charge is 2.09. The van der Waals surface area contributed by atoms with Crippen molar-refractivity contribution in [1.82, 2.24) is 19.7 Å². The van der Waals surface area contributed by atoms with Crippen LogP contribution in [-0.2, 0) is 13.1 Å². The van der Waals surface area contributed by atoms with Crippen LogP contribution < -0.4 is 4.90 Å². The van der Waals surface area contributed by atoms with Crippen LogP contribution in [0.3, 0.4) is 0 Å². The third-order valence-electron chi connectivity index (χ3n) is 3.53. The number of halogens is 1. The van der Waals surface area contributed by atoms with Crippen molar-refractivity contribution in [2.75, 3.05) is 26.0 Å². The molecule has 5 nitrogen and oxygen atoms in total. The highest BCUT2D eigenvalue weighted by atomic mass is 32.1. The Morgan fingerprint density at radius 3 is 2.50 bits per heavy atom. The van der Waals surface area contributed by atoms with E-state index < -0.39 is 0 Å². The van der Waals surface area contributed by atoms with Crippen molar-refractivity contribution in [2.24, 2.45) is 0 Å². The van der Waals surface area contributed by atoms with Crippen LogP contribution in [0.1, 0.15) is 10.4 Å². The second-order valence-electron chi connectivity index (χ2n) is 5.95. The molecule has 1 aromatic carbocycles. The van der Waals surface area contributed by atoms with E-state index in [0.717, 1.165) is 29.5 Å². The van der Waals surface area contributed by atoms with Crippen molar-refractivity contribution in [2.45, 2.75) is 13.1 Å². The van der Waals surface area contributed by atoms with Gasteiger partial charge in [-0.2, -0.15) is 5.10 Å². The average Bonchev–Trinajstić information content (AvgIpc) is 3.17. The maximum atomic E-state index is 13.0. The molecular weight excluding hydrogens is 325 g/mol. The van der Waals surface area contributed by atoms with Crippen LogP contribution in [0.5, 0.6) is 0 Å². The number of anilines is 1. The van der Waals surface area contributed by atoms with Gasteiger partial charge >= 0.3 is 0 Å². The average molecular weight is 345 g/mol. The molecule has 7 heteroatoms. The van der Waals surface area contributed by atoms with Crippen molar-refractivity contribution < 1.29 is 4.39 Å². The highest BCUT2D eigenvalue weighted by Crippen LogP contribution is 2.22. The fourth-order valence-electron chi connectivity index (χ4n) is 2.39. The summed E-state index contributed by atoms with van der Waals surface area (Å²) >= 11 is 1.70. The Bertz CT molecular complexity index is 793. The van der Waals surface area contributed by atoms with Gasteiger partial charge in [0.1, 0.15) is 5.82 Å². The Morgan fingerprint density at radius 2 is 1.83 bits per heavy atom. The third-order valence-corrected chi connectivity index (χ3v) is 4.68. The SMILES string of the molecule is CN(Cc1cnn(-c2ccc(F)cc2)c1)Cc1cnc(N(C)C)s1. The number of benzene rings is 1. The van der Waals surface area contributed by atoms with E-state index in [1.807, 2.05) is 37.6 Å². The van der Waals surface area contributed by atoms with E-state index in [2.05, 4.69) is 22.0 Å². The van der Waals surface area contributed by atoms with Crippen molar-refractivity contribution in [3.63, 3.8) is 0 Å². The predicted molar refractivity (Wildman–Crippen MR) is 95.1 cm³/mol. The summed E-state index contributed by atoms with van der Waals surface area (Å²) in [6.07, 6.45) is 5.75. The molecule has 126 valence electrons. The number of rotatable bonds is 6. The molecule has 2 heterocycles. The zero-order valence-electron chi connectivity index (χ0n) is 14.0. The van der Waals surface area contributed by atoms with Crippen molar-refractivity contribution in [3.05, 3.63) is 59.1 Å². The molecule has 0 aliphatic heterocycles. The molecule has 3 aromatic rings. The molecule has 0 N–H and O–H groups in total. The first-order valence-electron chi connectivity index (χ1n) is 7.61. The molecule has 0 fully saturated rings. The largest absolute Gasteiger partial charge is 0.354 e. The van der Waals surface area contributed by atoms with Gasteiger partial charge in [0.15, 0.2) is 5.13 Å². The maximum Gasteiger partial charge on any atom is 0.185 e. The van der Waals surface area contributed by atoms with Crippen LogP contribution in [0, 0.1) is 5.82 Å². The summed E-state index contributed by atoms with van der Waals surface area (Å²) in [5.41, 5.74) is 1.96. The molecule has 0 aliphatic carbocycles. The molecule has 0 aliphatic rings. The van der Waals surface area contributed by atoms with Gasteiger partial charge in [-0.15, -0.1) is 11.3 Å². The molecule has 24 heavy (non-hydrogen) atoms. The van der Waals surface area contributed by atoms with Gasteiger partial charge in [-0.25, -0.2) is 14.1 Å². The van der Waals surface area contributed by atoms with E-state index in [-0.39, 0.29) is 5.82 Å². The molecule has 2 aromatic heterocycles. The van der Waals surface area contributed by atoms with E-state index >= 15 is 0 Å². The van der Waals surface area contributed by atoms with Gasteiger partial charge in [0, 0.05) is 50.0 Å². The van der Waals surface area contributed by atoms with E-state index in [0.29, 0.717) is 0 Å². The molecule has 0 unspecified atom stereocenters. The highest BCUT2D eigenvalue weighted by molar-refractivity contribution is 7.15. The molecule has 0 atom stereocenters. The number of nitrogens with zero attached hydrogens (tertiary/aromatic N) is 5. The van der Waals surface area contributed by atoms with Crippen LogP contribution in [0.4, 0.5) is 9.52 Å². The number of hydrogen-bond acceptors (Lipinski definition) is 5. The van der Waals surface area contributed by atoms with Gasteiger partial charge in [-0.3, -0.25) is 4.90 Å². The van der Waals surface area contributed by atoms with E-state index in [1.54, 1.807) is 28.2 Å². The monoisotopic (exact) mass is 345 g/mol. The minimum atomic E-state index is -0.243. The number of hydrogen-bond donors (Lipinski definition) is 0. The lowest BCUT2D eigenvalue weighted by Gasteiger charge is -2.14. The lowest BCUT2D eigenvalue weighted by molar-refractivity contribution is 0.322. The Hall–Kier alpha value is -2.25. The summed E-state index contributed by atoms with van der Waals surface area (Å²) in [7, 11) is 6.07. The first kappa shape index (κ1) is 16.6. The maximum absolute atomic E-state index is 13.0. The van der Waals surface area contributed by atoms with Crippen LogP contribution in [-0.4, -0.2) is 40.8 Å². The lowest BCUT2D eigenvalue weighted by atomic mass is 10.3. The zero-order chi connectivity index (χ0) is 17.1. The summed E-state index contributed by atoms with van der Waals surface area (Å²) < 4.78 is 14.8. The minimum absolute atomic E-state index is 0.243. The molecule has 0 spiro atoms. The van der Waals surface area contributed by atoms with Gasteiger partial charge in [0.2, 0.25) is 0 Å². The van der Waals surface area contributed by atoms with Gasteiger partial charge in [-0.1, -0.05) is 0 Å². The van der Waals surface area contributed by atoms with Crippen molar-refractivity contribution >= 4 is 16.5 Å². The molecule has 0 bridgehead atoms. The second kappa shape index (κ2) is 7.11. The Labute approximate surface area is 145 Å². The predicted octanol–water partition coefficient (Wildman–Crippen LogP) is 3.17. The van der Waals surface area contributed by atoms with Crippen LogP contribution in [0.15, 0.2) is 42.9 Å². The first-order valence-corrected chi connectivity index (χ1v) is 8.43. The summed E-state index contributed by atoms with van der Waals surface area (Å²) in [4.78, 5) is 9.86. The standard InChI is InChI=1S/C17H20FN5S/c1-21(2)17-19-9-16(24-17)12-22(3)10-13-8-20-23(11-13)15-6-4-14(18)5-7-15/h4-9,11H,10,12H2,1-3H3. The van der Waals surface area contributed by atoms with Gasteiger partial charge in [0.05, 0.1) is 11.9 Å². The normalized spacial score (nSPS) is 11.2. The van der Waals surface area contributed by atoms with Crippen LogP contribution >= 0.6 is 11.3 Å². The smallest absolute Gasteiger partial charge is 0.185 e. The summed E-state index contributed by atoms with van der Waals surface area (Å²) in [5.74, 6) is -0.243. The topological polar surface area (TPSA) is 37.2 Å². The Kier molecular flexibility index (Phi) is 4.92. The third kappa shape index (κ3) is 3.98. The summed E-state index contributed by atoms with van der Waals surface area (Å²) in [5, 5.41) is 5.37. The van der Waals surface area contributed by atoms with Crippen LogP contribution in [0.2, 0.25) is 0 Å².